The van der Waals surface area contributed by atoms with Gasteiger partial charge < -0.3 is 14.4 Å². The van der Waals surface area contributed by atoms with Gasteiger partial charge in [0.25, 0.3) is 5.78 Å². The molecule has 0 aliphatic carbocycles. The second-order valence-electron chi connectivity index (χ2n) is 4.07. The van der Waals surface area contributed by atoms with Crippen molar-refractivity contribution < 1.29 is 19.4 Å². The van der Waals surface area contributed by atoms with Crippen LogP contribution in [0.1, 0.15) is 24.3 Å². The third kappa shape index (κ3) is 2.31. The van der Waals surface area contributed by atoms with E-state index in [-0.39, 0.29) is 18.1 Å². The Morgan fingerprint density at radius 2 is 2.00 bits per heavy atom. The number of phenols is 1. The van der Waals surface area contributed by atoms with Crippen molar-refractivity contribution in [1.82, 2.24) is 4.57 Å². The Kier molecular flexibility index (Phi) is 3.55. The molecule has 1 aromatic heterocycles. The van der Waals surface area contributed by atoms with Crippen molar-refractivity contribution in [2.24, 2.45) is 0 Å². The number of aryl methyl sites for hydroxylation is 1. The summed E-state index contributed by atoms with van der Waals surface area (Å²) in [5.74, 6) is -1.40. The van der Waals surface area contributed by atoms with E-state index < -0.39 is 11.8 Å². The highest BCUT2D eigenvalue weighted by atomic mass is 16.5. The summed E-state index contributed by atoms with van der Waals surface area (Å²) in [5, 5.41) is 10.2. The number of carbonyl (C=O) groups excluding carboxylic acids is 2. The van der Waals surface area contributed by atoms with E-state index in [2.05, 4.69) is 0 Å². The molecule has 19 heavy (non-hydrogen) atoms. The van der Waals surface area contributed by atoms with Crippen LogP contribution in [0.3, 0.4) is 0 Å². The quantitative estimate of drug-likeness (QED) is 0.520. The third-order valence-electron chi connectivity index (χ3n) is 2.89. The Hall–Kier alpha value is -2.30. The van der Waals surface area contributed by atoms with Gasteiger partial charge in [-0.3, -0.25) is 4.79 Å². The molecule has 0 bridgehead atoms. The zero-order valence-corrected chi connectivity index (χ0v) is 10.8. The number of nitrogens with zero attached hydrogens (tertiary/aromatic N) is 1. The first-order chi connectivity index (χ1) is 9.08. The third-order valence-corrected chi connectivity index (χ3v) is 2.89. The molecule has 1 N–H and O–H groups in total. The van der Waals surface area contributed by atoms with Crippen molar-refractivity contribution >= 4 is 22.7 Å². The lowest BCUT2D eigenvalue weighted by Gasteiger charge is -2.06. The van der Waals surface area contributed by atoms with Gasteiger partial charge >= 0.3 is 5.97 Å². The minimum absolute atomic E-state index is 0.121. The lowest BCUT2D eigenvalue weighted by molar-refractivity contribution is -0.137. The highest BCUT2D eigenvalue weighted by Gasteiger charge is 2.22. The maximum absolute atomic E-state index is 12.0. The van der Waals surface area contributed by atoms with Gasteiger partial charge in [-0.05, 0) is 38.1 Å². The predicted molar refractivity (Wildman–Crippen MR) is 70.2 cm³/mol. The van der Waals surface area contributed by atoms with Gasteiger partial charge in [-0.25, -0.2) is 4.79 Å². The zero-order chi connectivity index (χ0) is 14.0. The first-order valence-electron chi connectivity index (χ1n) is 6.12. The number of hydrogen-bond donors (Lipinski definition) is 1. The molecular weight excluding hydrogens is 246 g/mol. The Labute approximate surface area is 110 Å². The van der Waals surface area contributed by atoms with Crippen molar-refractivity contribution in [2.75, 3.05) is 6.61 Å². The molecule has 0 radical (unpaired) electrons. The molecule has 0 saturated heterocycles. The molecule has 0 spiro atoms. The molecule has 100 valence electrons. The van der Waals surface area contributed by atoms with Crippen LogP contribution in [0.4, 0.5) is 0 Å². The average Bonchev–Trinajstić information content (AvgIpc) is 2.75. The smallest absolute Gasteiger partial charge is 0.381 e. The summed E-state index contributed by atoms with van der Waals surface area (Å²) < 4.78 is 6.46. The van der Waals surface area contributed by atoms with E-state index in [4.69, 9.17) is 4.74 Å². The number of phenolic OH excluding ortho intramolecular Hbond substituents is 1. The van der Waals surface area contributed by atoms with Crippen LogP contribution >= 0.6 is 0 Å². The summed E-state index contributed by atoms with van der Waals surface area (Å²) in [6, 6.07) is 6.42. The minimum Gasteiger partial charge on any atom is -0.508 e. The van der Waals surface area contributed by atoms with Gasteiger partial charge in [-0.1, -0.05) is 0 Å². The standard InChI is InChI=1S/C14H15NO4/c1-3-15-11-6-5-10(16)7-9(11)8-12(15)13(17)14(18)19-4-2/h5-8,16H,3-4H2,1-2H3. The van der Waals surface area contributed by atoms with Gasteiger partial charge in [0.15, 0.2) is 0 Å². The second kappa shape index (κ2) is 5.14. The normalized spacial score (nSPS) is 10.6. The van der Waals surface area contributed by atoms with Crippen LogP contribution in [0.2, 0.25) is 0 Å². The summed E-state index contributed by atoms with van der Waals surface area (Å²) in [6.45, 7) is 4.25. The molecular formula is C14H15NO4. The fourth-order valence-electron chi connectivity index (χ4n) is 2.09. The fourth-order valence-corrected chi connectivity index (χ4v) is 2.09. The number of fused-ring (bicyclic) bond motifs is 1. The summed E-state index contributed by atoms with van der Waals surface area (Å²) in [6.07, 6.45) is 0. The van der Waals surface area contributed by atoms with Gasteiger partial charge in [0, 0.05) is 17.4 Å². The van der Waals surface area contributed by atoms with Crippen molar-refractivity contribution in [1.29, 1.82) is 0 Å². The molecule has 0 amide bonds. The van der Waals surface area contributed by atoms with Crippen molar-refractivity contribution in [3.05, 3.63) is 30.0 Å². The molecule has 1 heterocycles. The number of ketones is 1. The van der Waals surface area contributed by atoms with E-state index in [1.807, 2.05) is 6.92 Å². The fraction of sp³-hybridized carbons (Fsp3) is 0.286. The minimum atomic E-state index is -0.857. The van der Waals surface area contributed by atoms with Gasteiger partial charge in [-0.2, -0.15) is 0 Å². The molecule has 0 atom stereocenters. The summed E-state index contributed by atoms with van der Waals surface area (Å²) >= 11 is 0. The van der Waals surface area contributed by atoms with Crippen LogP contribution < -0.4 is 0 Å². The summed E-state index contributed by atoms with van der Waals surface area (Å²) in [4.78, 5) is 23.5. The number of ether oxygens (including phenoxy) is 1. The Morgan fingerprint density at radius 1 is 1.26 bits per heavy atom. The number of rotatable bonds is 4. The molecule has 0 aliphatic rings. The molecule has 1 aromatic carbocycles. The van der Waals surface area contributed by atoms with E-state index in [1.54, 1.807) is 35.8 Å². The van der Waals surface area contributed by atoms with Crippen LogP contribution in [0.5, 0.6) is 5.75 Å². The van der Waals surface area contributed by atoms with Crippen LogP contribution in [-0.2, 0) is 16.1 Å². The van der Waals surface area contributed by atoms with Crippen molar-refractivity contribution in [3.63, 3.8) is 0 Å². The number of aromatic hydroxyl groups is 1. The lowest BCUT2D eigenvalue weighted by Crippen LogP contribution is -2.20. The van der Waals surface area contributed by atoms with Gasteiger partial charge in [0.1, 0.15) is 5.75 Å². The number of hydrogen-bond acceptors (Lipinski definition) is 4. The van der Waals surface area contributed by atoms with Crippen LogP contribution in [0.15, 0.2) is 24.3 Å². The maximum Gasteiger partial charge on any atom is 0.381 e. The highest BCUT2D eigenvalue weighted by Crippen LogP contribution is 2.24. The maximum atomic E-state index is 12.0. The van der Waals surface area contributed by atoms with E-state index in [0.717, 1.165) is 10.9 Å². The summed E-state index contributed by atoms with van der Waals surface area (Å²) in [5.41, 5.74) is 1.08. The molecule has 0 saturated carbocycles. The molecule has 0 unspecified atom stereocenters. The van der Waals surface area contributed by atoms with Crippen LogP contribution in [0.25, 0.3) is 10.9 Å². The van der Waals surface area contributed by atoms with E-state index in [1.165, 1.54) is 0 Å². The molecule has 5 nitrogen and oxygen atoms in total. The molecule has 0 aliphatic heterocycles. The molecule has 2 aromatic rings. The molecule has 0 fully saturated rings. The molecule has 5 heteroatoms. The van der Waals surface area contributed by atoms with Crippen molar-refractivity contribution in [2.45, 2.75) is 20.4 Å². The Morgan fingerprint density at radius 3 is 2.63 bits per heavy atom. The number of esters is 1. The van der Waals surface area contributed by atoms with Crippen LogP contribution in [0, 0.1) is 0 Å². The van der Waals surface area contributed by atoms with E-state index in [9.17, 15) is 14.7 Å². The Balaban J connectivity index is 2.54. The number of Topliss-reactive ketones (excluding diaryl/α,β-unsaturated/α-hetero) is 1. The highest BCUT2D eigenvalue weighted by molar-refractivity contribution is 6.40. The molecule has 2 rings (SSSR count). The first kappa shape index (κ1) is 13.1. The number of aromatic nitrogens is 1. The number of carbonyl (C=O) groups is 2. The average molecular weight is 261 g/mol. The largest absolute Gasteiger partial charge is 0.508 e. The first-order valence-corrected chi connectivity index (χ1v) is 6.12. The SMILES string of the molecule is CCOC(=O)C(=O)c1cc2cc(O)ccc2n1CC. The predicted octanol–water partition coefficient (Wildman–Crippen LogP) is 2.11. The van der Waals surface area contributed by atoms with Crippen LogP contribution in [-0.4, -0.2) is 28.0 Å². The monoisotopic (exact) mass is 261 g/mol. The van der Waals surface area contributed by atoms with E-state index >= 15 is 0 Å². The topological polar surface area (TPSA) is 68.5 Å². The second-order valence-corrected chi connectivity index (χ2v) is 4.07. The van der Waals surface area contributed by atoms with E-state index in [0.29, 0.717) is 6.54 Å². The van der Waals surface area contributed by atoms with Crippen molar-refractivity contribution in [3.8, 4) is 5.75 Å². The zero-order valence-electron chi connectivity index (χ0n) is 10.8. The van der Waals surface area contributed by atoms with Gasteiger partial charge in [0.05, 0.1) is 12.3 Å². The number of benzene rings is 1. The Bertz CT molecular complexity index is 642. The lowest BCUT2D eigenvalue weighted by atomic mass is 10.2. The van der Waals surface area contributed by atoms with Gasteiger partial charge in [0.2, 0.25) is 0 Å². The van der Waals surface area contributed by atoms with Gasteiger partial charge in [-0.15, -0.1) is 0 Å². The summed E-state index contributed by atoms with van der Waals surface area (Å²) in [7, 11) is 0.